The third-order valence-electron chi connectivity index (χ3n) is 4.14. The van der Waals surface area contributed by atoms with E-state index in [1.54, 1.807) is 48.5 Å². The Labute approximate surface area is 165 Å². The fourth-order valence-electron chi connectivity index (χ4n) is 2.65. The minimum absolute atomic E-state index is 0.158. The van der Waals surface area contributed by atoms with Gasteiger partial charge >= 0.3 is 11.9 Å². The summed E-state index contributed by atoms with van der Waals surface area (Å²) in [6.07, 6.45) is 6.65. The van der Waals surface area contributed by atoms with Crippen LogP contribution in [-0.4, -0.2) is 18.5 Å². The Morgan fingerprint density at radius 3 is 2.11 bits per heavy atom. The molecular formula is C22H25ClO4. The lowest BCUT2D eigenvalue weighted by atomic mass is 10.1. The minimum Gasteiger partial charge on any atom is -0.462 e. The van der Waals surface area contributed by atoms with Gasteiger partial charge in [-0.3, -0.25) is 0 Å². The number of para-hydroxylation sites is 1. The fraction of sp³-hybridized carbons (Fsp3) is 0.364. The Morgan fingerprint density at radius 2 is 1.41 bits per heavy atom. The van der Waals surface area contributed by atoms with Gasteiger partial charge < -0.3 is 9.47 Å². The maximum atomic E-state index is 12.5. The average molecular weight is 389 g/mol. The van der Waals surface area contributed by atoms with Crippen LogP contribution in [0.5, 0.6) is 5.75 Å². The van der Waals surface area contributed by atoms with Crippen LogP contribution < -0.4 is 4.74 Å². The van der Waals surface area contributed by atoms with Crippen molar-refractivity contribution in [1.29, 1.82) is 0 Å². The van der Waals surface area contributed by atoms with Crippen LogP contribution in [0.2, 0.25) is 5.02 Å². The molecule has 0 aliphatic heterocycles. The molecule has 5 heteroatoms. The van der Waals surface area contributed by atoms with Gasteiger partial charge in [0, 0.05) is 0 Å². The van der Waals surface area contributed by atoms with Crippen LogP contribution >= 0.6 is 11.6 Å². The number of hydrogen-bond donors (Lipinski definition) is 0. The summed E-state index contributed by atoms with van der Waals surface area (Å²) in [5.74, 6) is -0.912. The van der Waals surface area contributed by atoms with Crippen LogP contribution in [0.1, 0.15) is 66.2 Å². The number of halogens is 1. The zero-order valence-electron chi connectivity index (χ0n) is 15.6. The topological polar surface area (TPSA) is 52.6 Å². The first-order valence-corrected chi connectivity index (χ1v) is 9.74. The number of benzene rings is 2. The summed E-state index contributed by atoms with van der Waals surface area (Å²) in [5.41, 5.74) is 0.353. The molecule has 0 bridgehead atoms. The molecule has 27 heavy (non-hydrogen) atoms. The predicted octanol–water partition coefficient (Wildman–Crippen LogP) is 6.08. The van der Waals surface area contributed by atoms with Crippen LogP contribution in [0.25, 0.3) is 0 Å². The van der Waals surface area contributed by atoms with Crippen molar-refractivity contribution in [1.82, 2.24) is 0 Å². The van der Waals surface area contributed by atoms with Crippen molar-refractivity contribution in [2.24, 2.45) is 0 Å². The molecule has 0 atom stereocenters. The first-order valence-electron chi connectivity index (χ1n) is 9.36. The molecule has 0 spiro atoms. The van der Waals surface area contributed by atoms with E-state index in [-0.39, 0.29) is 16.9 Å². The van der Waals surface area contributed by atoms with Crippen LogP contribution in [-0.2, 0) is 4.74 Å². The summed E-state index contributed by atoms with van der Waals surface area (Å²) in [5, 5.41) is 0.328. The molecule has 0 amide bonds. The summed E-state index contributed by atoms with van der Waals surface area (Å²) in [6.45, 7) is 2.52. The van der Waals surface area contributed by atoms with Crippen LogP contribution in [0.4, 0.5) is 0 Å². The van der Waals surface area contributed by atoms with Crippen molar-refractivity contribution >= 4 is 23.5 Å². The Bertz CT molecular complexity index is 757. The fourth-order valence-corrected chi connectivity index (χ4v) is 2.82. The van der Waals surface area contributed by atoms with Gasteiger partial charge in [-0.05, 0) is 30.7 Å². The predicted molar refractivity (Wildman–Crippen MR) is 107 cm³/mol. The lowest BCUT2D eigenvalue weighted by molar-refractivity contribution is 0.0489. The molecule has 2 rings (SSSR count). The summed E-state index contributed by atoms with van der Waals surface area (Å²) in [4.78, 5) is 24.8. The molecule has 0 fully saturated rings. The summed E-state index contributed by atoms with van der Waals surface area (Å²) >= 11 is 6.02. The number of unbranched alkanes of at least 4 members (excludes halogenated alkanes) is 5. The number of esters is 2. The van der Waals surface area contributed by atoms with E-state index in [1.165, 1.54) is 19.3 Å². The second-order valence-corrected chi connectivity index (χ2v) is 6.68. The average Bonchev–Trinajstić information content (AvgIpc) is 2.69. The second-order valence-electron chi connectivity index (χ2n) is 6.27. The van der Waals surface area contributed by atoms with Crippen molar-refractivity contribution < 1.29 is 19.1 Å². The molecule has 0 aliphatic carbocycles. The van der Waals surface area contributed by atoms with E-state index in [0.29, 0.717) is 11.6 Å². The molecule has 2 aromatic rings. The van der Waals surface area contributed by atoms with Gasteiger partial charge in [0.15, 0.2) is 0 Å². The number of carbonyl (C=O) groups is 2. The van der Waals surface area contributed by atoms with Gasteiger partial charge in [-0.1, -0.05) is 74.9 Å². The van der Waals surface area contributed by atoms with E-state index in [2.05, 4.69) is 6.92 Å². The first-order chi connectivity index (χ1) is 13.1. The van der Waals surface area contributed by atoms with E-state index >= 15 is 0 Å². The summed E-state index contributed by atoms with van der Waals surface area (Å²) in [6, 6.07) is 13.2. The zero-order chi connectivity index (χ0) is 19.5. The molecule has 0 radical (unpaired) electrons. The van der Waals surface area contributed by atoms with Crippen molar-refractivity contribution in [2.45, 2.75) is 45.4 Å². The molecule has 0 N–H and O–H groups in total. The van der Waals surface area contributed by atoms with Gasteiger partial charge in [-0.25, -0.2) is 9.59 Å². The van der Waals surface area contributed by atoms with E-state index in [0.717, 1.165) is 19.3 Å². The Balaban J connectivity index is 1.93. The SMILES string of the molecule is CCCCCCCCOC(=O)c1ccccc1C(=O)Oc1ccccc1Cl. The Hall–Kier alpha value is -2.33. The third kappa shape index (κ3) is 6.72. The van der Waals surface area contributed by atoms with Gasteiger partial charge in [-0.2, -0.15) is 0 Å². The third-order valence-corrected chi connectivity index (χ3v) is 4.45. The number of hydrogen-bond acceptors (Lipinski definition) is 4. The Morgan fingerprint density at radius 1 is 0.815 bits per heavy atom. The number of ether oxygens (including phenoxy) is 2. The van der Waals surface area contributed by atoms with Crippen LogP contribution in [0.15, 0.2) is 48.5 Å². The van der Waals surface area contributed by atoms with Crippen molar-refractivity contribution in [2.75, 3.05) is 6.61 Å². The Kier molecular flexibility index (Phi) is 8.85. The molecule has 0 aliphatic rings. The maximum Gasteiger partial charge on any atom is 0.344 e. The summed E-state index contributed by atoms with van der Waals surface area (Å²) in [7, 11) is 0. The first kappa shape index (κ1) is 21.0. The zero-order valence-corrected chi connectivity index (χ0v) is 16.3. The van der Waals surface area contributed by atoms with Crippen molar-refractivity contribution in [3.05, 3.63) is 64.7 Å². The number of rotatable bonds is 10. The van der Waals surface area contributed by atoms with E-state index in [1.807, 2.05) is 0 Å². The molecule has 144 valence electrons. The summed E-state index contributed by atoms with van der Waals surface area (Å²) < 4.78 is 10.7. The van der Waals surface area contributed by atoms with Gasteiger partial charge in [-0.15, -0.1) is 0 Å². The smallest absolute Gasteiger partial charge is 0.344 e. The maximum absolute atomic E-state index is 12.5. The highest BCUT2D eigenvalue weighted by Crippen LogP contribution is 2.24. The quantitative estimate of drug-likeness (QED) is 0.281. The van der Waals surface area contributed by atoms with Gasteiger partial charge in [0.05, 0.1) is 22.8 Å². The lowest BCUT2D eigenvalue weighted by Crippen LogP contribution is -2.16. The van der Waals surface area contributed by atoms with Crippen molar-refractivity contribution in [3.63, 3.8) is 0 Å². The monoisotopic (exact) mass is 388 g/mol. The molecule has 4 nitrogen and oxygen atoms in total. The highest BCUT2D eigenvalue weighted by molar-refractivity contribution is 6.32. The molecule has 0 unspecified atom stereocenters. The van der Waals surface area contributed by atoms with Gasteiger partial charge in [0.1, 0.15) is 5.75 Å². The van der Waals surface area contributed by atoms with E-state index < -0.39 is 11.9 Å². The minimum atomic E-state index is -0.643. The van der Waals surface area contributed by atoms with Crippen LogP contribution in [0, 0.1) is 0 Å². The van der Waals surface area contributed by atoms with E-state index in [9.17, 15) is 9.59 Å². The molecular weight excluding hydrogens is 364 g/mol. The normalized spacial score (nSPS) is 10.4. The molecule has 2 aromatic carbocycles. The lowest BCUT2D eigenvalue weighted by Gasteiger charge is -2.10. The van der Waals surface area contributed by atoms with Gasteiger partial charge in [0.2, 0.25) is 0 Å². The highest BCUT2D eigenvalue weighted by atomic mass is 35.5. The van der Waals surface area contributed by atoms with Crippen LogP contribution in [0.3, 0.4) is 0 Å². The molecule has 0 saturated carbocycles. The van der Waals surface area contributed by atoms with Gasteiger partial charge in [0.25, 0.3) is 0 Å². The van der Waals surface area contributed by atoms with Crippen molar-refractivity contribution in [3.8, 4) is 5.75 Å². The second kappa shape index (κ2) is 11.4. The molecule has 0 aromatic heterocycles. The largest absolute Gasteiger partial charge is 0.462 e. The number of carbonyl (C=O) groups excluding carboxylic acids is 2. The van der Waals surface area contributed by atoms with E-state index in [4.69, 9.17) is 21.1 Å². The molecule has 0 heterocycles. The standard InChI is InChI=1S/C22H25ClO4/c1-2-3-4-5-6-11-16-26-21(24)17-12-7-8-13-18(17)22(25)27-20-15-10-9-14-19(20)23/h7-10,12-15H,2-6,11,16H2,1H3. The highest BCUT2D eigenvalue weighted by Gasteiger charge is 2.20. The molecule has 0 saturated heterocycles.